The summed E-state index contributed by atoms with van der Waals surface area (Å²) >= 11 is 0. The van der Waals surface area contributed by atoms with Crippen LogP contribution in [0.5, 0.6) is 0 Å². The number of hydrogen-bond acceptors (Lipinski definition) is 10. The summed E-state index contributed by atoms with van der Waals surface area (Å²) in [7, 11) is 0. The minimum atomic E-state index is -0.320. The van der Waals surface area contributed by atoms with E-state index in [1.54, 1.807) is 0 Å². The number of tetrazole rings is 2. The van der Waals surface area contributed by atoms with Gasteiger partial charge >= 0.3 is 59.1 Å². The Morgan fingerprint density at radius 1 is 0.806 bits per heavy atom. The summed E-state index contributed by atoms with van der Waals surface area (Å²) in [5, 5.41) is 27.3. The Hall–Kier alpha value is -2.22. The molecule has 0 unspecified atom stereocenters. The number of hydrogen-bond donors (Lipinski definition) is 2. The molecule has 5 aromatic rings. The van der Waals surface area contributed by atoms with Crippen molar-refractivity contribution in [2.75, 3.05) is 0 Å². The SMILES string of the molecule is CCCc1c2oc(-c3nnn[nH]3)cc(=O)c2cc2c(=O)cc(-c3nnn[nH]3)oc12.[NaH].[NaH]. The fourth-order valence-electron chi connectivity index (χ4n) is 3.21. The number of rotatable bonds is 4. The number of nitrogens with zero attached hydrogens (tertiary/aromatic N) is 6. The van der Waals surface area contributed by atoms with Crippen LogP contribution in [-0.2, 0) is 6.42 Å². The predicted molar refractivity (Wildman–Crippen MR) is 113 cm³/mol. The molecule has 0 aliphatic rings. The van der Waals surface area contributed by atoms with Crippen LogP contribution in [0.2, 0.25) is 0 Å². The van der Waals surface area contributed by atoms with Gasteiger partial charge in [0.05, 0.1) is 10.8 Å². The summed E-state index contributed by atoms with van der Waals surface area (Å²) in [6.07, 6.45) is 1.24. The Morgan fingerprint density at radius 2 is 1.29 bits per heavy atom. The first-order valence-electron chi connectivity index (χ1n) is 8.71. The molecule has 2 N–H and O–H groups in total. The molecule has 0 atom stereocenters. The molecular formula is C17H14N8Na2O4. The van der Waals surface area contributed by atoms with Gasteiger partial charge in [-0.15, -0.1) is 10.2 Å². The Labute approximate surface area is 216 Å². The Kier molecular flexibility index (Phi) is 7.19. The summed E-state index contributed by atoms with van der Waals surface area (Å²) in [6.45, 7) is 1.97. The van der Waals surface area contributed by atoms with Gasteiger partial charge < -0.3 is 8.83 Å². The number of benzene rings is 1. The first-order valence-corrected chi connectivity index (χ1v) is 8.71. The predicted octanol–water partition coefficient (Wildman–Crippen LogP) is -0.0849. The summed E-state index contributed by atoms with van der Waals surface area (Å²) in [5.41, 5.74) is 0.584. The van der Waals surface area contributed by atoms with Crippen molar-refractivity contribution in [1.29, 1.82) is 0 Å². The Bertz CT molecular complexity index is 1360. The Morgan fingerprint density at radius 3 is 1.68 bits per heavy atom. The molecule has 0 spiro atoms. The molecule has 4 heterocycles. The van der Waals surface area contributed by atoms with Gasteiger partial charge in [0.2, 0.25) is 11.6 Å². The van der Waals surface area contributed by atoms with Crippen LogP contribution in [0.15, 0.2) is 36.6 Å². The molecule has 0 aliphatic heterocycles. The molecule has 0 aliphatic carbocycles. The zero-order valence-corrected chi connectivity index (χ0v) is 15.0. The zero-order chi connectivity index (χ0) is 20.0. The van der Waals surface area contributed by atoms with Gasteiger partial charge in [-0.3, -0.25) is 9.59 Å². The molecule has 0 bridgehead atoms. The molecule has 148 valence electrons. The average Bonchev–Trinajstić information content (AvgIpc) is 3.43. The van der Waals surface area contributed by atoms with E-state index in [4.69, 9.17) is 8.83 Å². The Balaban J connectivity index is 0.00000136. The van der Waals surface area contributed by atoms with E-state index < -0.39 is 0 Å². The van der Waals surface area contributed by atoms with Gasteiger partial charge in [-0.05, 0) is 33.3 Å². The van der Waals surface area contributed by atoms with Crippen molar-refractivity contribution in [1.82, 2.24) is 41.2 Å². The van der Waals surface area contributed by atoms with Crippen molar-refractivity contribution in [2.24, 2.45) is 0 Å². The van der Waals surface area contributed by atoms with Crippen LogP contribution in [-0.4, -0.2) is 100 Å². The third-order valence-electron chi connectivity index (χ3n) is 4.46. The van der Waals surface area contributed by atoms with Crippen molar-refractivity contribution in [2.45, 2.75) is 19.8 Å². The summed E-state index contributed by atoms with van der Waals surface area (Å²) in [4.78, 5) is 25.5. The number of H-pyrrole nitrogens is 2. The molecule has 0 saturated heterocycles. The second kappa shape index (κ2) is 9.51. The molecule has 0 amide bonds. The van der Waals surface area contributed by atoms with E-state index in [2.05, 4.69) is 41.2 Å². The number of nitrogens with one attached hydrogen (secondary N) is 2. The summed E-state index contributed by atoms with van der Waals surface area (Å²) < 4.78 is 11.9. The average molecular weight is 440 g/mol. The first kappa shape index (κ1) is 23.4. The third kappa shape index (κ3) is 4.14. The van der Waals surface area contributed by atoms with Gasteiger partial charge in [0.25, 0.3) is 0 Å². The van der Waals surface area contributed by atoms with E-state index >= 15 is 0 Å². The monoisotopic (exact) mass is 440 g/mol. The van der Waals surface area contributed by atoms with Crippen LogP contribution in [0.4, 0.5) is 0 Å². The van der Waals surface area contributed by atoms with Gasteiger partial charge in [0.1, 0.15) is 11.2 Å². The van der Waals surface area contributed by atoms with Crippen molar-refractivity contribution in [3.63, 3.8) is 0 Å². The molecule has 4 aromatic heterocycles. The van der Waals surface area contributed by atoms with Crippen LogP contribution in [0, 0.1) is 0 Å². The third-order valence-corrected chi connectivity index (χ3v) is 4.46. The van der Waals surface area contributed by atoms with Crippen molar-refractivity contribution < 1.29 is 8.83 Å². The van der Waals surface area contributed by atoms with Gasteiger partial charge in [-0.2, -0.15) is 0 Å². The van der Waals surface area contributed by atoms with Crippen LogP contribution < -0.4 is 10.9 Å². The molecule has 0 fully saturated rings. The molecule has 1 aromatic carbocycles. The van der Waals surface area contributed by atoms with Crippen LogP contribution >= 0.6 is 0 Å². The van der Waals surface area contributed by atoms with E-state index in [9.17, 15) is 9.59 Å². The fraction of sp³-hybridized carbons (Fsp3) is 0.176. The van der Waals surface area contributed by atoms with Gasteiger partial charge in [-0.25, -0.2) is 10.2 Å². The number of aromatic amines is 2. The van der Waals surface area contributed by atoms with Gasteiger partial charge in [0.15, 0.2) is 22.4 Å². The molecule has 0 radical (unpaired) electrons. The number of aromatic nitrogens is 8. The quantitative estimate of drug-likeness (QED) is 0.284. The van der Waals surface area contributed by atoms with Crippen molar-refractivity contribution in [3.8, 4) is 23.2 Å². The van der Waals surface area contributed by atoms with E-state index in [0.29, 0.717) is 23.2 Å². The molecular weight excluding hydrogens is 426 g/mol. The minimum absolute atomic E-state index is 0. The summed E-state index contributed by atoms with van der Waals surface area (Å²) in [6, 6.07) is 4.04. The van der Waals surface area contributed by atoms with Crippen LogP contribution in [0.1, 0.15) is 18.9 Å². The zero-order valence-electron chi connectivity index (χ0n) is 15.0. The van der Waals surface area contributed by atoms with E-state index in [1.165, 1.54) is 18.2 Å². The van der Waals surface area contributed by atoms with Gasteiger partial charge in [0, 0.05) is 17.7 Å². The van der Waals surface area contributed by atoms with E-state index in [0.717, 1.165) is 6.42 Å². The van der Waals surface area contributed by atoms with Gasteiger partial charge in [-0.1, -0.05) is 13.3 Å². The summed E-state index contributed by atoms with van der Waals surface area (Å²) in [5.74, 6) is 0.799. The topological polar surface area (TPSA) is 169 Å². The molecule has 31 heavy (non-hydrogen) atoms. The fourth-order valence-corrected chi connectivity index (χ4v) is 3.21. The van der Waals surface area contributed by atoms with Crippen LogP contribution in [0.3, 0.4) is 0 Å². The molecule has 12 nitrogen and oxygen atoms in total. The molecule has 0 saturated carbocycles. The van der Waals surface area contributed by atoms with Crippen molar-refractivity contribution in [3.05, 3.63) is 44.2 Å². The van der Waals surface area contributed by atoms with E-state index in [1.807, 2.05) is 6.92 Å². The van der Waals surface area contributed by atoms with Crippen molar-refractivity contribution >= 4 is 81.1 Å². The second-order valence-electron chi connectivity index (χ2n) is 6.31. The second-order valence-corrected chi connectivity index (χ2v) is 6.31. The standard InChI is InChI=1S/C17H12N8O4.2Na.2H/c1-2-3-7-14-8(10(26)5-12(28-14)16-18-22-23-19-16)4-9-11(27)6-13(29-15(7)9)17-20-24-25-21-17;;;;/h4-6H,2-3H2,1H3,(H,18,19,22,23)(H,20,21,24,25);;;;. The number of fused-ring (bicyclic) bond motifs is 2. The molecule has 5 rings (SSSR count). The maximum atomic E-state index is 12.8. The number of aryl methyl sites for hydroxylation is 1. The first-order chi connectivity index (χ1) is 14.2. The van der Waals surface area contributed by atoms with E-state index in [-0.39, 0.29) is 104 Å². The van der Waals surface area contributed by atoms with Crippen LogP contribution in [0.25, 0.3) is 45.1 Å². The maximum absolute atomic E-state index is 12.8. The molecule has 14 heteroatoms. The normalized spacial score (nSPS) is 10.7.